The van der Waals surface area contributed by atoms with E-state index in [9.17, 15) is 4.79 Å². The number of rotatable bonds is 10. The first-order valence-electron chi connectivity index (χ1n) is 14.4. The summed E-state index contributed by atoms with van der Waals surface area (Å²) >= 11 is 0. The number of halogens is 1. The average molecular weight is 591 g/mol. The van der Waals surface area contributed by atoms with Gasteiger partial charge in [-0.25, -0.2) is 9.87 Å². The van der Waals surface area contributed by atoms with E-state index in [0.29, 0.717) is 30.0 Å². The number of anilines is 1. The second-order valence-electron chi connectivity index (χ2n) is 12.2. The lowest BCUT2D eigenvalue weighted by atomic mass is 10.0. The smallest absolute Gasteiger partial charge is 0.261 e. The normalized spacial score (nSPS) is 17.6. The molecule has 2 atom stereocenters. The van der Waals surface area contributed by atoms with E-state index < -0.39 is 14.1 Å². The highest BCUT2D eigenvalue weighted by Gasteiger charge is 2.50. The summed E-state index contributed by atoms with van der Waals surface area (Å²) in [6.07, 6.45) is -0.215. The minimum absolute atomic E-state index is 0.105. The van der Waals surface area contributed by atoms with Crippen molar-refractivity contribution in [1.82, 2.24) is 5.48 Å². The molecule has 2 unspecified atom stereocenters. The largest absolute Gasteiger partial charge is 0.403 e. The monoisotopic (exact) mass is 590 g/mol. The van der Waals surface area contributed by atoms with Crippen molar-refractivity contribution >= 4 is 30.2 Å². The van der Waals surface area contributed by atoms with Gasteiger partial charge in [-0.2, -0.15) is 0 Å². The molecule has 3 aromatic carbocycles. The number of nitrogens with one attached hydrogen (secondary N) is 1. The van der Waals surface area contributed by atoms with Crippen molar-refractivity contribution < 1.29 is 23.2 Å². The topological polar surface area (TPSA) is 60.0 Å². The first-order chi connectivity index (χ1) is 19.8. The number of nitrogens with zero attached hydrogens (tertiary/aromatic N) is 1. The quantitative estimate of drug-likeness (QED) is 0.174. The van der Waals surface area contributed by atoms with Crippen molar-refractivity contribution in [3.63, 3.8) is 0 Å². The summed E-state index contributed by atoms with van der Waals surface area (Å²) in [5.41, 5.74) is 4.21. The Morgan fingerprint density at radius 2 is 1.55 bits per heavy atom. The minimum atomic E-state index is -2.94. The summed E-state index contributed by atoms with van der Waals surface area (Å²) in [7, 11) is -2.94. The van der Waals surface area contributed by atoms with Crippen LogP contribution >= 0.6 is 0 Å². The second kappa shape index (κ2) is 12.8. The summed E-state index contributed by atoms with van der Waals surface area (Å²) in [4.78, 5) is 20.5. The molecule has 4 rings (SSSR count). The Morgan fingerprint density at radius 1 is 1.02 bits per heavy atom. The van der Waals surface area contributed by atoms with Crippen LogP contribution in [0.4, 0.5) is 10.1 Å². The predicted molar refractivity (Wildman–Crippen MR) is 170 cm³/mol. The zero-order chi connectivity index (χ0) is 30.7. The van der Waals surface area contributed by atoms with Gasteiger partial charge in [-0.3, -0.25) is 4.79 Å². The number of hydroxylamine groups is 1. The van der Waals surface area contributed by atoms with E-state index in [0.717, 1.165) is 10.4 Å². The van der Waals surface area contributed by atoms with Gasteiger partial charge < -0.3 is 18.9 Å². The third-order valence-corrected chi connectivity index (χ3v) is 12.6. The van der Waals surface area contributed by atoms with Crippen molar-refractivity contribution in [3.05, 3.63) is 96.0 Å². The van der Waals surface area contributed by atoms with E-state index in [2.05, 4.69) is 57.1 Å². The molecule has 1 heterocycles. The third-order valence-electron chi connectivity index (χ3n) is 7.58. The van der Waals surface area contributed by atoms with Gasteiger partial charge in [0.25, 0.3) is 8.32 Å². The number of ether oxygens (including phenoxy) is 1. The van der Waals surface area contributed by atoms with Crippen molar-refractivity contribution in [2.75, 3.05) is 18.0 Å². The van der Waals surface area contributed by atoms with Crippen LogP contribution in [0.15, 0.2) is 79.0 Å². The van der Waals surface area contributed by atoms with E-state index in [1.165, 1.54) is 6.92 Å². The minimum Gasteiger partial charge on any atom is -0.403 e. The lowest BCUT2D eigenvalue weighted by molar-refractivity contribution is -0.00554. The van der Waals surface area contributed by atoms with E-state index in [-0.39, 0.29) is 40.9 Å². The van der Waals surface area contributed by atoms with Crippen LogP contribution in [0.25, 0.3) is 0 Å². The molecule has 1 fully saturated rings. The fourth-order valence-electron chi connectivity index (χ4n) is 5.93. The van der Waals surface area contributed by atoms with Crippen molar-refractivity contribution in [2.45, 2.75) is 72.3 Å². The van der Waals surface area contributed by atoms with Crippen molar-refractivity contribution in [2.24, 2.45) is 0 Å². The molecule has 0 saturated carbocycles. The third kappa shape index (κ3) is 6.46. The lowest BCUT2D eigenvalue weighted by Gasteiger charge is -2.43. The zero-order valence-corrected chi connectivity index (χ0v) is 26.8. The van der Waals surface area contributed by atoms with Gasteiger partial charge in [0.1, 0.15) is 0 Å². The number of benzene rings is 3. The van der Waals surface area contributed by atoms with E-state index >= 15 is 4.39 Å². The molecule has 3 aromatic rings. The second-order valence-corrected chi connectivity index (χ2v) is 16.5. The standard InChI is InChI=1S/C34H43FN2O4Si/c1-23(2)36-41-33-30(26(5)38)19-27(32(31(33)35)37-20-24(3)40-25(4)21-37)22-39-42(34(6,7)8,28-15-11-9-12-16-28)29-17-13-10-14-18-29/h9-19,24-25,36H,1,20-22H2,2-8H3. The highest BCUT2D eigenvalue weighted by molar-refractivity contribution is 6.99. The molecule has 8 heteroatoms. The maximum Gasteiger partial charge on any atom is 0.261 e. The van der Waals surface area contributed by atoms with Gasteiger partial charge in [-0.1, -0.05) is 88.0 Å². The molecule has 224 valence electrons. The number of hydrogen-bond acceptors (Lipinski definition) is 6. The number of carbonyl (C=O) groups excluding carboxylic acids is 1. The predicted octanol–water partition coefficient (Wildman–Crippen LogP) is 6.14. The summed E-state index contributed by atoms with van der Waals surface area (Å²) in [6, 6.07) is 22.4. The molecular weight excluding hydrogens is 547 g/mol. The number of ketones is 1. The van der Waals surface area contributed by atoms with Crippen LogP contribution in [0.1, 0.15) is 64.4 Å². The number of Topliss-reactive ketones (excluding diaryl/α,β-unsaturated/α-hetero) is 1. The average Bonchev–Trinajstić information content (AvgIpc) is 2.92. The molecule has 0 amide bonds. The molecule has 42 heavy (non-hydrogen) atoms. The molecule has 1 saturated heterocycles. The van der Waals surface area contributed by atoms with E-state index in [1.54, 1.807) is 13.0 Å². The molecule has 1 aliphatic rings. The first kappa shape index (κ1) is 31.5. The SMILES string of the molecule is C=C(C)NOc1c(C(C)=O)cc(CO[Si](c2ccccc2)(c2ccccc2)C(C)(C)C)c(N2CC(C)OC(C)C2)c1F. The van der Waals surface area contributed by atoms with Gasteiger partial charge in [0.2, 0.25) is 5.75 Å². The first-order valence-corrected chi connectivity index (χ1v) is 16.4. The Hall–Kier alpha value is -3.46. The maximum absolute atomic E-state index is 16.7. The Kier molecular flexibility index (Phi) is 9.60. The summed E-state index contributed by atoms with van der Waals surface area (Å²) < 4.78 is 29.8. The van der Waals surface area contributed by atoms with Gasteiger partial charge >= 0.3 is 0 Å². The van der Waals surface area contributed by atoms with Gasteiger partial charge in [0, 0.05) is 24.4 Å². The molecule has 6 nitrogen and oxygen atoms in total. The molecule has 0 radical (unpaired) electrons. The molecule has 0 spiro atoms. The van der Waals surface area contributed by atoms with Crippen LogP contribution in [0.3, 0.4) is 0 Å². The molecule has 0 aliphatic carbocycles. The van der Waals surface area contributed by atoms with Gasteiger partial charge in [0.15, 0.2) is 11.6 Å². The zero-order valence-electron chi connectivity index (χ0n) is 25.8. The Labute approximate surface area is 250 Å². The molecule has 1 aliphatic heterocycles. The molecule has 0 aromatic heterocycles. The highest BCUT2D eigenvalue weighted by Crippen LogP contribution is 2.41. The summed E-state index contributed by atoms with van der Waals surface area (Å²) in [5.74, 6) is -1.07. The van der Waals surface area contributed by atoms with Crippen LogP contribution in [-0.2, 0) is 15.8 Å². The summed E-state index contributed by atoms with van der Waals surface area (Å²) in [5, 5.41) is 1.97. The number of hydrogen-bond donors (Lipinski definition) is 1. The van der Waals surface area contributed by atoms with Crippen LogP contribution in [0.5, 0.6) is 5.75 Å². The van der Waals surface area contributed by atoms with Crippen LogP contribution in [0, 0.1) is 5.82 Å². The van der Waals surface area contributed by atoms with Gasteiger partial charge in [-0.15, -0.1) is 0 Å². The summed E-state index contributed by atoms with van der Waals surface area (Å²) in [6.45, 7) is 18.5. The number of carbonyl (C=O) groups is 1. The van der Waals surface area contributed by atoms with Crippen LogP contribution in [0.2, 0.25) is 5.04 Å². The van der Waals surface area contributed by atoms with Gasteiger partial charge in [-0.05, 0) is 49.2 Å². The fraction of sp³-hybridized carbons (Fsp3) is 0.382. The molecule has 0 bridgehead atoms. The fourth-order valence-corrected chi connectivity index (χ4v) is 10.5. The Morgan fingerprint density at radius 3 is 2.00 bits per heavy atom. The number of allylic oxidation sites excluding steroid dienone is 1. The van der Waals surface area contributed by atoms with E-state index in [4.69, 9.17) is 14.0 Å². The molecule has 1 N–H and O–H groups in total. The van der Waals surface area contributed by atoms with Crippen LogP contribution < -0.4 is 25.6 Å². The van der Waals surface area contributed by atoms with Crippen molar-refractivity contribution in [3.8, 4) is 5.75 Å². The maximum atomic E-state index is 16.7. The Bertz CT molecular complexity index is 1360. The number of morpholine rings is 1. The van der Waals surface area contributed by atoms with Crippen molar-refractivity contribution in [1.29, 1.82) is 0 Å². The highest BCUT2D eigenvalue weighted by atomic mass is 28.4. The lowest BCUT2D eigenvalue weighted by Crippen LogP contribution is -2.66. The molecular formula is C34H43FN2O4Si. The van der Waals surface area contributed by atoms with E-state index in [1.807, 2.05) is 55.1 Å². The van der Waals surface area contributed by atoms with Gasteiger partial charge in [0.05, 0.1) is 30.1 Å². The van der Waals surface area contributed by atoms with Crippen LogP contribution in [-0.4, -0.2) is 39.4 Å². The Balaban J connectivity index is 1.91.